The summed E-state index contributed by atoms with van der Waals surface area (Å²) in [4.78, 5) is 1.08. The molecule has 84 valence electrons. The first kappa shape index (κ1) is 11.2. The fourth-order valence-corrected chi connectivity index (χ4v) is 2.48. The van der Waals surface area contributed by atoms with Crippen molar-refractivity contribution in [2.75, 3.05) is 0 Å². The van der Waals surface area contributed by atoms with E-state index in [9.17, 15) is 0 Å². The zero-order valence-corrected chi connectivity index (χ0v) is 10.3. The standard InChI is InChI=1S/C12H15N3S/c1-3-10-12(16-15-14-10)11(13)9-6-4-5-8(2)7-9/h4-7,11H,3,13H2,1-2H3. The third-order valence-corrected chi connectivity index (χ3v) is 3.45. The van der Waals surface area contributed by atoms with Crippen molar-refractivity contribution in [2.24, 2.45) is 5.73 Å². The number of benzene rings is 1. The average Bonchev–Trinajstić information content (AvgIpc) is 2.76. The van der Waals surface area contributed by atoms with Crippen molar-refractivity contribution < 1.29 is 0 Å². The molecular formula is C12H15N3S. The van der Waals surface area contributed by atoms with E-state index < -0.39 is 0 Å². The van der Waals surface area contributed by atoms with Gasteiger partial charge in [-0.05, 0) is 30.4 Å². The quantitative estimate of drug-likeness (QED) is 0.886. The number of aryl methyl sites for hydroxylation is 2. The predicted molar refractivity (Wildman–Crippen MR) is 66.5 cm³/mol. The smallest absolute Gasteiger partial charge is 0.0804 e. The Bertz CT molecular complexity index is 479. The third kappa shape index (κ3) is 2.13. The molecule has 1 aromatic heterocycles. The number of aromatic nitrogens is 2. The first-order chi connectivity index (χ1) is 7.72. The van der Waals surface area contributed by atoms with Gasteiger partial charge in [-0.2, -0.15) is 0 Å². The Labute approximate surface area is 99.5 Å². The maximum atomic E-state index is 6.24. The molecule has 4 heteroatoms. The Hall–Kier alpha value is -1.26. The van der Waals surface area contributed by atoms with Crippen molar-refractivity contribution in [1.29, 1.82) is 0 Å². The van der Waals surface area contributed by atoms with E-state index in [4.69, 9.17) is 5.73 Å². The van der Waals surface area contributed by atoms with Crippen LogP contribution < -0.4 is 5.73 Å². The molecule has 1 atom stereocenters. The van der Waals surface area contributed by atoms with Crippen molar-refractivity contribution in [3.05, 3.63) is 46.0 Å². The highest BCUT2D eigenvalue weighted by molar-refractivity contribution is 7.05. The zero-order valence-electron chi connectivity index (χ0n) is 9.47. The van der Waals surface area contributed by atoms with Crippen LogP contribution in [0.2, 0.25) is 0 Å². The molecule has 16 heavy (non-hydrogen) atoms. The fourth-order valence-electron chi connectivity index (χ4n) is 1.71. The van der Waals surface area contributed by atoms with Gasteiger partial charge in [-0.3, -0.25) is 0 Å². The van der Waals surface area contributed by atoms with E-state index >= 15 is 0 Å². The minimum atomic E-state index is -0.102. The van der Waals surface area contributed by atoms with Gasteiger partial charge in [0.1, 0.15) is 0 Å². The highest BCUT2D eigenvalue weighted by Crippen LogP contribution is 2.25. The largest absolute Gasteiger partial charge is 0.320 e. The van der Waals surface area contributed by atoms with E-state index in [-0.39, 0.29) is 6.04 Å². The lowest BCUT2D eigenvalue weighted by atomic mass is 10.0. The minimum Gasteiger partial charge on any atom is -0.320 e. The lowest BCUT2D eigenvalue weighted by Crippen LogP contribution is -2.12. The second-order valence-electron chi connectivity index (χ2n) is 3.83. The summed E-state index contributed by atoms with van der Waals surface area (Å²) in [6.45, 7) is 4.14. The number of rotatable bonds is 3. The Morgan fingerprint density at radius 3 is 2.94 bits per heavy atom. The molecule has 2 aromatic rings. The van der Waals surface area contributed by atoms with E-state index in [1.54, 1.807) is 0 Å². The zero-order chi connectivity index (χ0) is 11.5. The van der Waals surface area contributed by atoms with Crippen LogP contribution in [-0.2, 0) is 6.42 Å². The fraction of sp³-hybridized carbons (Fsp3) is 0.333. The molecule has 0 fully saturated rings. The van der Waals surface area contributed by atoms with Gasteiger partial charge in [0.2, 0.25) is 0 Å². The van der Waals surface area contributed by atoms with Gasteiger partial charge in [0.05, 0.1) is 16.6 Å². The highest BCUT2D eigenvalue weighted by atomic mass is 32.1. The predicted octanol–water partition coefficient (Wildman–Crippen LogP) is 2.46. The van der Waals surface area contributed by atoms with Crippen LogP contribution in [0.4, 0.5) is 0 Å². The van der Waals surface area contributed by atoms with Crippen LogP contribution in [0.3, 0.4) is 0 Å². The van der Waals surface area contributed by atoms with Crippen LogP contribution in [-0.4, -0.2) is 9.59 Å². The van der Waals surface area contributed by atoms with Crippen LogP contribution in [0.1, 0.15) is 34.7 Å². The first-order valence-electron chi connectivity index (χ1n) is 5.35. The molecule has 0 amide bonds. The number of nitrogens with zero attached hydrogens (tertiary/aromatic N) is 2. The molecule has 0 bridgehead atoms. The monoisotopic (exact) mass is 233 g/mol. The van der Waals surface area contributed by atoms with Crippen molar-refractivity contribution in [3.8, 4) is 0 Å². The van der Waals surface area contributed by atoms with E-state index in [0.717, 1.165) is 22.6 Å². The molecule has 0 saturated heterocycles. The molecule has 0 spiro atoms. The molecule has 3 nitrogen and oxygen atoms in total. The average molecular weight is 233 g/mol. The number of nitrogens with two attached hydrogens (primary N) is 1. The topological polar surface area (TPSA) is 51.8 Å². The summed E-state index contributed by atoms with van der Waals surface area (Å²) in [5.74, 6) is 0. The Kier molecular flexibility index (Phi) is 3.31. The van der Waals surface area contributed by atoms with E-state index in [1.807, 2.05) is 6.07 Å². The summed E-state index contributed by atoms with van der Waals surface area (Å²) < 4.78 is 3.97. The van der Waals surface area contributed by atoms with E-state index in [2.05, 4.69) is 41.6 Å². The maximum Gasteiger partial charge on any atom is 0.0804 e. The van der Waals surface area contributed by atoms with Gasteiger partial charge >= 0.3 is 0 Å². The Balaban J connectivity index is 2.35. The van der Waals surface area contributed by atoms with E-state index in [0.29, 0.717) is 0 Å². The second kappa shape index (κ2) is 4.72. The summed E-state index contributed by atoms with van der Waals surface area (Å²) in [7, 11) is 0. The SMILES string of the molecule is CCc1nnsc1C(N)c1cccc(C)c1. The second-order valence-corrected chi connectivity index (χ2v) is 4.61. The first-order valence-corrected chi connectivity index (χ1v) is 6.13. The summed E-state index contributed by atoms with van der Waals surface area (Å²) in [5, 5.41) is 4.09. The molecule has 2 rings (SSSR count). The summed E-state index contributed by atoms with van der Waals surface area (Å²) in [5.41, 5.74) is 9.60. The van der Waals surface area contributed by atoms with Crippen molar-refractivity contribution >= 4 is 11.5 Å². The molecule has 0 radical (unpaired) electrons. The van der Waals surface area contributed by atoms with Crippen LogP contribution in [0, 0.1) is 6.92 Å². The van der Waals surface area contributed by atoms with Gasteiger partial charge in [-0.1, -0.05) is 41.2 Å². The van der Waals surface area contributed by atoms with Crippen LogP contribution >= 0.6 is 11.5 Å². The lowest BCUT2D eigenvalue weighted by Gasteiger charge is -2.11. The normalized spacial score (nSPS) is 12.7. The summed E-state index contributed by atoms with van der Waals surface area (Å²) in [6.07, 6.45) is 0.880. The Morgan fingerprint density at radius 2 is 2.25 bits per heavy atom. The molecular weight excluding hydrogens is 218 g/mol. The highest BCUT2D eigenvalue weighted by Gasteiger charge is 2.16. The number of hydrogen-bond acceptors (Lipinski definition) is 4. The summed E-state index contributed by atoms with van der Waals surface area (Å²) >= 11 is 1.40. The van der Waals surface area contributed by atoms with Gasteiger partial charge in [-0.15, -0.1) is 5.10 Å². The molecule has 0 aliphatic rings. The van der Waals surface area contributed by atoms with Crippen LogP contribution in [0.15, 0.2) is 24.3 Å². The molecule has 2 N–H and O–H groups in total. The van der Waals surface area contributed by atoms with Crippen LogP contribution in [0.5, 0.6) is 0 Å². The minimum absolute atomic E-state index is 0.102. The van der Waals surface area contributed by atoms with Gasteiger partial charge in [0.15, 0.2) is 0 Å². The Morgan fingerprint density at radius 1 is 1.44 bits per heavy atom. The molecule has 0 aliphatic heterocycles. The molecule has 0 saturated carbocycles. The lowest BCUT2D eigenvalue weighted by molar-refractivity contribution is 0.852. The number of hydrogen-bond donors (Lipinski definition) is 1. The van der Waals surface area contributed by atoms with Crippen LogP contribution in [0.25, 0.3) is 0 Å². The molecule has 1 unspecified atom stereocenters. The van der Waals surface area contributed by atoms with Gasteiger partial charge in [-0.25, -0.2) is 0 Å². The van der Waals surface area contributed by atoms with Crippen molar-refractivity contribution in [1.82, 2.24) is 9.59 Å². The molecule has 0 aliphatic carbocycles. The molecule has 1 aromatic carbocycles. The third-order valence-electron chi connectivity index (χ3n) is 2.60. The van der Waals surface area contributed by atoms with Gasteiger partial charge < -0.3 is 5.73 Å². The molecule has 1 heterocycles. The van der Waals surface area contributed by atoms with Gasteiger partial charge in [0, 0.05) is 0 Å². The van der Waals surface area contributed by atoms with Gasteiger partial charge in [0.25, 0.3) is 0 Å². The van der Waals surface area contributed by atoms with E-state index in [1.165, 1.54) is 17.1 Å². The van der Waals surface area contributed by atoms with Crippen molar-refractivity contribution in [2.45, 2.75) is 26.3 Å². The maximum absolute atomic E-state index is 6.24. The van der Waals surface area contributed by atoms with Crippen molar-refractivity contribution in [3.63, 3.8) is 0 Å². The summed E-state index contributed by atoms with van der Waals surface area (Å²) in [6, 6.07) is 8.17.